The molecule has 2 heterocycles. The molecule has 0 aliphatic carbocycles. The summed E-state index contributed by atoms with van der Waals surface area (Å²) in [6.45, 7) is 7.99. The van der Waals surface area contributed by atoms with Gasteiger partial charge in [-0.3, -0.25) is 4.79 Å². The Morgan fingerprint density at radius 3 is 2.29 bits per heavy atom. The fourth-order valence-electron chi connectivity index (χ4n) is 3.10. The van der Waals surface area contributed by atoms with Gasteiger partial charge in [0.25, 0.3) is 5.91 Å². The zero-order chi connectivity index (χ0) is 20.4. The van der Waals surface area contributed by atoms with E-state index < -0.39 is 0 Å². The number of carbonyl (C=O) groups excluding carboxylic acids is 1. The highest BCUT2D eigenvalue weighted by molar-refractivity contribution is 6.33. The number of nitrogens with zero attached hydrogens (tertiary/aromatic N) is 4. The molecule has 0 radical (unpaired) electrons. The predicted octanol–water partition coefficient (Wildman–Crippen LogP) is 3.68. The first-order valence-corrected chi connectivity index (χ1v) is 9.20. The second kappa shape index (κ2) is 8.06. The van der Waals surface area contributed by atoms with Gasteiger partial charge in [-0.05, 0) is 45.4 Å². The van der Waals surface area contributed by atoms with Gasteiger partial charge in [0.1, 0.15) is 16.8 Å². The number of hydrogen-bond donors (Lipinski definition) is 1. The van der Waals surface area contributed by atoms with Crippen molar-refractivity contribution in [2.75, 3.05) is 0 Å². The minimum Gasteiger partial charge on any atom is -0.348 e. The van der Waals surface area contributed by atoms with Gasteiger partial charge in [-0.2, -0.15) is 5.10 Å². The number of amides is 1. The van der Waals surface area contributed by atoms with Crippen LogP contribution in [-0.2, 0) is 13.1 Å². The summed E-state index contributed by atoms with van der Waals surface area (Å²) in [5.41, 5.74) is 4.23. The number of carbonyl (C=O) groups is 1. The van der Waals surface area contributed by atoms with Crippen LogP contribution < -0.4 is 5.32 Å². The van der Waals surface area contributed by atoms with Gasteiger partial charge >= 0.3 is 0 Å². The van der Waals surface area contributed by atoms with Crippen molar-refractivity contribution >= 4 is 17.5 Å². The van der Waals surface area contributed by atoms with Gasteiger partial charge in [-0.25, -0.2) is 19.0 Å². The molecule has 1 aromatic carbocycles. The maximum absolute atomic E-state index is 13.1. The van der Waals surface area contributed by atoms with Crippen molar-refractivity contribution in [3.63, 3.8) is 0 Å². The van der Waals surface area contributed by atoms with E-state index in [-0.39, 0.29) is 16.9 Å². The lowest BCUT2D eigenvalue weighted by Crippen LogP contribution is -2.25. The van der Waals surface area contributed by atoms with E-state index in [2.05, 4.69) is 20.4 Å². The Hall–Kier alpha value is -2.80. The quantitative estimate of drug-likeness (QED) is 0.707. The Kier molecular flexibility index (Phi) is 5.74. The molecule has 1 amide bonds. The van der Waals surface area contributed by atoms with Crippen LogP contribution in [0.3, 0.4) is 0 Å². The fraction of sp³-hybridized carbons (Fsp3) is 0.300. The fourth-order valence-corrected chi connectivity index (χ4v) is 3.42. The molecule has 0 atom stereocenters. The summed E-state index contributed by atoms with van der Waals surface area (Å²) in [5.74, 6) is 0.0792. The van der Waals surface area contributed by atoms with E-state index in [1.807, 2.05) is 20.8 Å². The van der Waals surface area contributed by atoms with Crippen LogP contribution in [0.4, 0.5) is 4.39 Å². The second-order valence-corrected chi connectivity index (χ2v) is 7.00. The first-order valence-electron chi connectivity index (χ1n) is 8.82. The molecule has 0 bridgehead atoms. The zero-order valence-electron chi connectivity index (χ0n) is 16.2. The second-order valence-electron chi connectivity index (χ2n) is 6.64. The van der Waals surface area contributed by atoms with Crippen LogP contribution in [-0.4, -0.2) is 25.7 Å². The van der Waals surface area contributed by atoms with E-state index in [0.29, 0.717) is 30.2 Å². The van der Waals surface area contributed by atoms with Crippen LogP contribution in [0.25, 0.3) is 0 Å². The lowest BCUT2D eigenvalue weighted by Gasteiger charge is -2.11. The topological polar surface area (TPSA) is 72.7 Å². The third-order valence-corrected chi connectivity index (χ3v) is 4.88. The van der Waals surface area contributed by atoms with Crippen molar-refractivity contribution in [3.8, 4) is 0 Å². The van der Waals surface area contributed by atoms with Gasteiger partial charge < -0.3 is 5.32 Å². The number of aryl methyl sites for hydroxylation is 4. The summed E-state index contributed by atoms with van der Waals surface area (Å²) < 4.78 is 14.6. The van der Waals surface area contributed by atoms with E-state index in [1.54, 1.807) is 19.1 Å². The SMILES string of the molecule is Cc1nc(C)c(CNC(=O)c2c(C)nn(Cc3ccc(F)cc3)c2Cl)c(C)n1. The summed E-state index contributed by atoms with van der Waals surface area (Å²) in [4.78, 5) is 21.4. The lowest BCUT2D eigenvalue weighted by atomic mass is 10.1. The Bertz CT molecular complexity index is 1010. The summed E-state index contributed by atoms with van der Waals surface area (Å²) in [6.07, 6.45) is 0. The van der Waals surface area contributed by atoms with Crippen LogP contribution in [0.5, 0.6) is 0 Å². The molecule has 0 saturated heterocycles. The number of halogens is 2. The number of hydrogen-bond acceptors (Lipinski definition) is 4. The van der Waals surface area contributed by atoms with Crippen LogP contribution in [0, 0.1) is 33.5 Å². The maximum Gasteiger partial charge on any atom is 0.256 e. The highest BCUT2D eigenvalue weighted by atomic mass is 35.5. The molecule has 3 aromatic rings. The molecule has 2 aromatic heterocycles. The minimum absolute atomic E-state index is 0.243. The molecule has 0 saturated carbocycles. The Morgan fingerprint density at radius 1 is 1.07 bits per heavy atom. The van der Waals surface area contributed by atoms with E-state index in [0.717, 1.165) is 22.5 Å². The third-order valence-electron chi connectivity index (χ3n) is 4.50. The van der Waals surface area contributed by atoms with Crippen molar-refractivity contribution < 1.29 is 9.18 Å². The molecule has 0 fully saturated rings. The largest absolute Gasteiger partial charge is 0.348 e. The molecular weight excluding hydrogens is 381 g/mol. The number of aromatic nitrogens is 4. The smallest absolute Gasteiger partial charge is 0.256 e. The highest BCUT2D eigenvalue weighted by Crippen LogP contribution is 2.21. The van der Waals surface area contributed by atoms with E-state index >= 15 is 0 Å². The maximum atomic E-state index is 13.1. The molecular formula is C20H21ClFN5O. The standard InChI is InChI=1S/C20H21ClFN5O/c1-11-17(12(2)25-14(4)24-11)9-23-20(28)18-13(3)26-27(19(18)21)10-15-5-7-16(22)8-6-15/h5-8H,9-10H2,1-4H3,(H,23,28). The first kappa shape index (κ1) is 19.9. The average Bonchev–Trinajstić information content (AvgIpc) is 2.89. The van der Waals surface area contributed by atoms with Crippen LogP contribution >= 0.6 is 11.6 Å². The van der Waals surface area contributed by atoms with E-state index in [9.17, 15) is 9.18 Å². The highest BCUT2D eigenvalue weighted by Gasteiger charge is 2.21. The van der Waals surface area contributed by atoms with E-state index in [4.69, 9.17) is 11.6 Å². The molecule has 0 unspecified atom stereocenters. The Labute approximate surface area is 167 Å². The molecule has 0 aliphatic rings. The molecule has 0 aliphatic heterocycles. The van der Waals surface area contributed by atoms with Crippen molar-refractivity contribution in [2.24, 2.45) is 0 Å². The van der Waals surface area contributed by atoms with Crippen molar-refractivity contribution in [2.45, 2.75) is 40.8 Å². The average molecular weight is 402 g/mol. The van der Waals surface area contributed by atoms with E-state index in [1.165, 1.54) is 16.8 Å². The van der Waals surface area contributed by atoms with Crippen LogP contribution in [0.1, 0.15) is 44.4 Å². The molecule has 28 heavy (non-hydrogen) atoms. The number of nitrogens with one attached hydrogen (secondary N) is 1. The summed E-state index contributed by atoms with van der Waals surface area (Å²) in [7, 11) is 0. The minimum atomic E-state index is -0.313. The third kappa shape index (κ3) is 4.20. The van der Waals surface area contributed by atoms with Crippen LogP contribution in [0.15, 0.2) is 24.3 Å². The zero-order valence-corrected chi connectivity index (χ0v) is 16.9. The van der Waals surface area contributed by atoms with Gasteiger partial charge in [0, 0.05) is 23.5 Å². The van der Waals surface area contributed by atoms with Gasteiger partial charge in [0.15, 0.2) is 0 Å². The molecule has 0 spiro atoms. The summed E-state index contributed by atoms with van der Waals surface area (Å²) in [5, 5.41) is 7.48. The van der Waals surface area contributed by atoms with Gasteiger partial charge in [-0.1, -0.05) is 23.7 Å². The Morgan fingerprint density at radius 2 is 1.68 bits per heavy atom. The molecule has 3 rings (SSSR count). The van der Waals surface area contributed by atoms with Crippen LogP contribution in [0.2, 0.25) is 5.15 Å². The summed E-state index contributed by atoms with van der Waals surface area (Å²) >= 11 is 6.41. The molecule has 1 N–H and O–H groups in total. The van der Waals surface area contributed by atoms with Gasteiger partial charge in [0.2, 0.25) is 0 Å². The summed E-state index contributed by atoms with van der Waals surface area (Å²) in [6, 6.07) is 6.07. The van der Waals surface area contributed by atoms with Crippen molar-refractivity contribution in [1.29, 1.82) is 0 Å². The van der Waals surface area contributed by atoms with Gasteiger partial charge in [-0.15, -0.1) is 0 Å². The number of rotatable bonds is 5. The first-order chi connectivity index (χ1) is 13.3. The number of benzene rings is 1. The van der Waals surface area contributed by atoms with Crippen molar-refractivity contribution in [3.05, 3.63) is 74.8 Å². The predicted molar refractivity (Wildman–Crippen MR) is 105 cm³/mol. The molecule has 8 heteroatoms. The monoisotopic (exact) mass is 401 g/mol. The van der Waals surface area contributed by atoms with Gasteiger partial charge in [0.05, 0.1) is 17.8 Å². The normalized spacial score (nSPS) is 10.9. The Balaban J connectivity index is 1.77. The molecule has 6 nitrogen and oxygen atoms in total. The lowest BCUT2D eigenvalue weighted by molar-refractivity contribution is 0.0950. The van der Waals surface area contributed by atoms with Crippen molar-refractivity contribution in [1.82, 2.24) is 25.1 Å². The molecule has 146 valence electrons.